The van der Waals surface area contributed by atoms with Crippen molar-refractivity contribution in [2.24, 2.45) is 0 Å². The summed E-state index contributed by atoms with van der Waals surface area (Å²) in [5, 5.41) is 12.7. The van der Waals surface area contributed by atoms with E-state index in [-0.39, 0.29) is 30.3 Å². The number of nitrogens with two attached hydrogens (primary N) is 2. The molecule has 0 fully saturated rings. The highest BCUT2D eigenvalue weighted by molar-refractivity contribution is 5.68. The minimum Gasteiger partial charge on any atom is -0.481 e. The molecule has 1 aromatic carbocycles. The smallest absolute Gasteiger partial charge is 0.303 e. The van der Waals surface area contributed by atoms with E-state index >= 15 is 0 Å². The van der Waals surface area contributed by atoms with Crippen molar-refractivity contribution in [2.45, 2.75) is 12.8 Å². The van der Waals surface area contributed by atoms with Crippen molar-refractivity contribution in [3.63, 3.8) is 0 Å². The summed E-state index contributed by atoms with van der Waals surface area (Å²) in [6.45, 7) is 0. The Balaban J connectivity index is 2.35. The molecule has 0 saturated carbocycles. The van der Waals surface area contributed by atoms with Gasteiger partial charge in [0.1, 0.15) is 11.6 Å². The average Bonchev–Trinajstić information content (AvgIpc) is 2.63. The highest BCUT2D eigenvalue weighted by Gasteiger charge is 2.15. The molecule has 5 N–H and O–H groups in total. The third-order valence-electron chi connectivity index (χ3n) is 2.71. The van der Waals surface area contributed by atoms with Crippen molar-refractivity contribution in [2.75, 3.05) is 11.5 Å². The summed E-state index contributed by atoms with van der Waals surface area (Å²) in [4.78, 5) is 10.6. The molecule has 0 radical (unpaired) electrons. The highest BCUT2D eigenvalue weighted by atomic mass is 19.1. The zero-order valence-electron chi connectivity index (χ0n) is 10.0. The van der Waals surface area contributed by atoms with E-state index in [9.17, 15) is 9.18 Å². The number of carboxylic acids is 1. The van der Waals surface area contributed by atoms with Crippen LogP contribution in [0.25, 0.3) is 5.69 Å². The number of hydrogen-bond acceptors (Lipinski definition) is 4. The zero-order valence-corrected chi connectivity index (χ0v) is 10.0. The van der Waals surface area contributed by atoms with Crippen LogP contribution in [0, 0.1) is 5.82 Å². The van der Waals surface area contributed by atoms with Gasteiger partial charge in [-0.15, -0.1) is 5.10 Å². The van der Waals surface area contributed by atoms with Crippen molar-refractivity contribution in [1.82, 2.24) is 9.78 Å². The minimum absolute atomic E-state index is 0.0799. The minimum atomic E-state index is -0.937. The lowest BCUT2D eigenvalue weighted by Gasteiger charge is -2.04. The first-order chi connectivity index (χ1) is 8.99. The predicted molar refractivity (Wildman–Crippen MR) is 68.3 cm³/mol. The summed E-state index contributed by atoms with van der Waals surface area (Å²) in [6, 6.07) is 5.59. The summed E-state index contributed by atoms with van der Waals surface area (Å²) in [5.74, 6) is -0.852. The van der Waals surface area contributed by atoms with E-state index in [2.05, 4.69) is 5.10 Å². The maximum Gasteiger partial charge on any atom is 0.303 e. The largest absolute Gasteiger partial charge is 0.481 e. The van der Waals surface area contributed by atoms with E-state index in [1.165, 1.54) is 28.9 Å². The van der Waals surface area contributed by atoms with Gasteiger partial charge in [0.15, 0.2) is 5.82 Å². The van der Waals surface area contributed by atoms with Gasteiger partial charge < -0.3 is 16.6 Å². The summed E-state index contributed by atoms with van der Waals surface area (Å²) >= 11 is 0. The second kappa shape index (κ2) is 4.97. The quantitative estimate of drug-likeness (QED) is 0.769. The molecule has 0 atom stereocenters. The Morgan fingerprint density at radius 1 is 1.32 bits per heavy atom. The van der Waals surface area contributed by atoms with Crippen LogP contribution in [0.3, 0.4) is 0 Å². The predicted octanol–water partition coefficient (Wildman–Crippen LogP) is 1.19. The number of anilines is 2. The molecule has 0 amide bonds. The third kappa shape index (κ3) is 2.65. The number of carbonyl (C=O) groups is 1. The normalized spacial score (nSPS) is 10.6. The monoisotopic (exact) mass is 264 g/mol. The molecule has 0 bridgehead atoms. The maximum absolute atomic E-state index is 12.8. The Bertz CT molecular complexity index is 607. The van der Waals surface area contributed by atoms with Gasteiger partial charge in [-0.2, -0.15) is 0 Å². The fourth-order valence-corrected chi connectivity index (χ4v) is 1.75. The van der Waals surface area contributed by atoms with Crippen LogP contribution in [-0.4, -0.2) is 20.9 Å². The van der Waals surface area contributed by atoms with E-state index in [1.54, 1.807) is 0 Å². The SMILES string of the molecule is Nc1nn(-c2ccc(F)cc2)c(N)c1CCC(=O)O. The number of hydrogen-bond donors (Lipinski definition) is 3. The Hall–Kier alpha value is -2.57. The molecule has 0 aliphatic rings. The van der Waals surface area contributed by atoms with Gasteiger partial charge in [0.05, 0.1) is 5.69 Å². The van der Waals surface area contributed by atoms with Crippen LogP contribution in [0.15, 0.2) is 24.3 Å². The van der Waals surface area contributed by atoms with Gasteiger partial charge in [0, 0.05) is 12.0 Å². The van der Waals surface area contributed by atoms with Gasteiger partial charge >= 0.3 is 5.97 Å². The summed E-state index contributed by atoms with van der Waals surface area (Å²) < 4.78 is 14.2. The highest BCUT2D eigenvalue weighted by Crippen LogP contribution is 2.24. The van der Waals surface area contributed by atoms with Crippen LogP contribution < -0.4 is 11.5 Å². The number of benzene rings is 1. The Kier molecular flexibility index (Phi) is 3.37. The molecule has 19 heavy (non-hydrogen) atoms. The molecule has 2 aromatic rings. The molecule has 1 heterocycles. The fourth-order valence-electron chi connectivity index (χ4n) is 1.75. The van der Waals surface area contributed by atoms with E-state index in [4.69, 9.17) is 16.6 Å². The summed E-state index contributed by atoms with van der Waals surface area (Å²) in [5.41, 5.74) is 12.7. The van der Waals surface area contributed by atoms with E-state index < -0.39 is 5.97 Å². The first-order valence-corrected chi connectivity index (χ1v) is 5.59. The molecule has 2 rings (SSSR count). The number of carboxylic acid groups (broad SMARTS) is 1. The molecule has 6 nitrogen and oxygen atoms in total. The van der Waals surface area contributed by atoms with Crippen LogP contribution in [-0.2, 0) is 11.2 Å². The fraction of sp³-hybridized carbons (Fsp3) is 0.167. The second-order valence-electron chi connectivity index (χ2n) is 4.03. The third-order valence-corrected chi connectivity index (χ3v) is 2.71. The maximum atomic E-state index is 12.8. The van der Waals surface area contributed by atoms with Crippen LogP contribution in [0.4, 0.5) is 16.0 Å². The van der Waals surface area contributed by atoms with E-state index in [1.807, 2.05) is 0 Å². The number of nitrogens with zero attached hydrogens (tertiary/aromatic N) is 2. The lowest BCUT2D eigenvalue weighted by Crippen LogP contribution is -2.04. The number of rotatable bonds is 4. The standard InChI is InChI=1S/C12H13FN4O2/c13-7-1-3-8(4-2-7)17-12(15)9(11(14)16-17)5-6-10(18)19/h1-4H,5-6,15H2,(H2,14,16)(H,18,19). The van der Waals surface area contributed by atoms with Gasteiger partial charge in [0.2, 0.25) is 0 Å². The molecule has 0 aliphatic carbocycles. The lowest BCUT2D eigenvalue weighted by atomic mass is 10.1. The van der Waals surface area contributed by atoms with E-state index in [0.29, 0.717) is 11.3 Å². The Morgan fingerprint density at radius 3 is 2.53 bits per heavy atom. The van der Waals surface area contributed by atoms with Crippen molar-refractivity contribution >= 4 is 17.6 Å². The molecule has 0 saturated heterocycles. The van der Waals surface area contributed by atoms with E-state index in [0.717, 1.165) is 0 Å². The van der Waals surface area contributed by atoms with Crippen molar-refractivity contribution < 1.29 is 14.3 Å². The lowest BCUT2D eigenvalue weighted by molar-refractivity contribution is -0.136. The molecule has 0 aliphatic heterocycles. The van der Waals surface area contributed by atoms with Crippen LogP contribution in [0.1, 0.15) is 12.0 Å². The van der Waals surface area contributed by atoms with Gasteiger partial charge in [0.25, 0.3) is 0 Å². The Labute approximate surface area is 108 Å². The first-order valence-electron chi connectivity index (χ1n) is 5.59. The Morgan fingerprint density at radius 2 is 1.95 bits per heavy atom. The zero-order chi connectivity index (χ0) is 14.0. The topological polar surface area (TPSA) is 107 Å². The van der Waals surface area contributed by atoms with Gasteiger partial charge in [-0.25, -0.2) is 9.07 Å². The van der Waals surface area contributed by atoms with Gasteiger partial charge in [-0.05, 0) is 30.7 Å². The van der Waals surface area contributed by atoms with Gasteiger partial charge in [-0.1, -0.05) is 0 Å². The van der Waals surface area contributed by atoms with Crippen molar-refractivity contribution in [3.8, 4) is 5.69 Å². The van der Waals surface area contributed by atoms with Crippen molar-refractivity contribution in [1.29, 1.82) is 0 Å². The molecule has 0 spiro atoms. The number of nitrogen functional groups attached to an aromatic ring is 2. The molecule has 0 unspecified atom stereocenters. The summed E-state index contributed by atoms with van der Waals surface area (Å²) in [6.07, 6.45) is 0.123. The number of aliphatic carboxylic acids is 1. The molecule has 100 valence electrons. The molecular formula is C12H13FN4O2. The van der Waals surface area contributed by atoms with Gasteiger partial charge in [-0.3, -0.25) is 4.79 Å². The van der Waals surface area contributed by atoms with Crippen LogP contribution in [0.2, 0.25) is 0 Å². The average molecular weight is 264 g/mol. The second-order valence-corrected chi connectivity index (χ2v) is 4.03. The molecular weight excluding hydrogens is 251 g/mol. The molecule has 1 aromatic heterocycles. The molecule has 7 heteroatoms. The van der Waals surface area contributed by atoms with Crippen LogP contribution >= 0.6 is 0 Å². The van der Waals surface area contributed by atoms with Crippen molar-refractivity contribution in [3.05, 3.63) is 35.6 Å². The summed E-state index contributed by atoms with van der Waals surface area (Å²) in [7, 11) is 0. The number of aromatic nitrogens is 2. The van der Waals surface area contributed by atoms with Crippen LogP contribution in [0.5, 0.6) is 0 Å². The first kappa shape index (κ1) is 12.9. The number of halogens is 1.